The highest BCUT2D eigenvalue weighted by Crippen LogP contribution is 2.39. The van der Waals surface area contributed by atoms with E-state index in [-0.39, 0.29) is 5.82 Å². The van der Waals surface area contributed by atoms with Crippen molar-refractivity contribution < 1.29 is 4.39 Å². The molecule has 0 nitrogen and oxygen atoms in total. The summed E-state index contributed by atoms with van der Waals surface area (Å²) in [5.41, 5.74) is 5.66. The van der Waals surface area contributed by atoms with Crippen LogP contribution in [0.4, 0.5) is 4.39 Å². The highest BCUT2D eigenvalue weighted by atomic mass is 19.1. The third-order valence-electron chi connectivity index (χ3n) is 4.28. The van der Waals surface area contributed by atoms with E-state index in [4.69, 9.17) is 0 Å². The quantitative estimate of drug-likeness (QED) is 0.578. The van der Waals surface area contributed by atoms with Gasteiger partial charge in [0.2, 0.25) is 0 Å². The van der Waals surface area contributed by atoms with E-state index < -0.39 is 0 Å². The summed E-state index contributed by atoms with van der Waals surface area (Å²) in [7, 11) is 0. The van der Waals surface area contributed by atoms with Crippen molar-refractivity contribution in [3.63, 3.8) is 0 Å². The van der Waals surface area contributed by atoms with Gasteiger partial charge < -0.3 is 0 Å². The van der Waals surface area contributed by atoms with Crippen molar-refractivity contribution in [2.45, 2.75) is 59.3 Å². The molecule has 2 rings (SSSR count). The minimum absolute atomic E-state index is 0.136. The molecule has 0 aliphatic heterocycles. The fourth-order valence-corrected chi connectivity index (χ4v) is 2.93. The molecule has 0 aliphatic carbocycles. The van der Waals surface area contributed by atoms with Crippen molar-refractivity contribution in [1.82, 2.24) is 0 Å². The smallest absolute Gasteiger partial charge is 0.131 e. The van der Waals surface area contributed by atoms with Crippen molar-refractivity contribution in [1.29, 1.82) is 0 Å². The second kappa shape index (κ2) is 6.64. The van der Waals surface area contributed by atoms with Crippen LogP contribution < -0.4 is 0 Å². The van der Waals surface area contributed by atoms with E-state index in [0.29, 0.717) is 17.8 Å². The predicted molar refractivity (Wildman–Crippen MR) is 94.1 cm³/mol. The largest absolute Gasteiger partial charge is 0.206 e. The monoisotopic (exact) mass is 298 g/mol. The number of rotatable bonds is 4. The molecule has 0 unspecified atom stereocenters. The second-order valence-corrected chi connectivity index (χ2v) is 7.02. The molecule has 0 atom stereocenters. The molecule has 0 radical (unpaired) electrons. The molecule has 0 heterocycles. The van der Waals surface area contributed by atoms with Gasteiger partial charge in [-0.05, 0) is 46.1 Å². The zero-order chi connectivity index (χ0) is 16.4. The van der Waals surface area contributed by atoms with Crippen molar-refractivity contribution in [3.05, 3.63) is 58.9 Å². The lowest BCUT2D eigenvalue weighted by atomic mass is 9.81. The number of benzene rings is 2. The predicted octanol–water partition coefficient (Wildman–Crippen LogP) is 6.86. The first-order valence-corrected chi connectivity index (χ1v) is 8.25. The summed E-state index contributed by atoms with van der Waals surface area (Å²) >= 11 is 0. The van der Waals surface area contributed by atoms with Gasteiger partial charge in [-0.3, -0.25) is 0 Å². The Kier molecular flexibility index (Phi) is 5.05. The van der Waals surface area contributed by atoms with Gasteiger partial charge in [0.05, 0.1) is 0 Å². The van der Waals surface area contributed by atoms with Gasteiger partial charge in [-0.25, -0.2) is 4.39 Å². The van der Waals surface area contributed by atoms with Gasteiger partial charge >= 0.3 is 0 Å². The van der Waals surface area contributed by atoms with Gasteiger partial charge in [-0.2, -0.15) is 0 Å². The van der Waals surface area contributed by atoms with Crippen LogP contribution in [-0.4, -0.2) is 0 Å². The van der Waals surface area contributed by atoms with Crippen LogP contribution in [0.2, 0.25) is 0 Å². The topological polar surface area (TPSA) is 0 Å². The van der Waals surface area contributed by atoms with Gasteiger partial charge in [-0.1, -0.05) is 71.9 Å². The van der Waals surface area contributed by atoms with Crippen molar-refractivity contribution in [2.24, 2.45) is 0 Å². The number of hydrogen-bond donors (Lipinski definition) is 0. The average molecular weight is 298 g/mol. The third kappa shape index (κ3) is 3.24. The molecular weight excluding hydrogens is 271 g/mol. The summed E-state index contributed by atoms with van der Waals surface area (Å²) in [6, 6.07) is 11.7. The lowest BCUT2D eigenvalue weighted by Crippen LogP contribution is -2.04. The molecule has 0 fully saturated rings. The van der Waals surface area contributed by atoms with Gasteiger partial charge in [-0.15, -0.1) is 0 Å². The molecule has 0 saturated heterocycles. The molecule has 0 amide bonds. The molecule has 0 N–H and O–H groups in total. The summed E-state index contributed by atoms with van der Waals surface area (Å²) in [5, 5.41) is 0. The molecule has 118 valence electrons. The van der Waals surface area contributed by atoms with E-state index >= 15 is 0 Å². The molecule has 0 aliphatic rings. The molecule has 1 heteroatoms. The maximum atomic E-state index is 14.4. The Labute approximate surface area is 134 Å². The average Bonchev–Trinajstić information content (AvgIpc) is 2.46. The van der Waals surface area contributed by atoms with Gasteiger partial charge in [0.15, 0.2) is 0 Å². The molecule has 0 spiro atoms. The normalized spacial score (nSPS) is 11.7. The first-order chi connectivity index (χ1) is 10.3. The molecule has 2 aromatic rings. The maximum Gasteiger partial charge on any atom is 0.131 e. The lowest BCUT2D eigenvalue weighted by molar-refractivity contribution is 0.630. The van der Waals surface area contributed by atoms with Crippen LogP contribution in [0, 0.1) is 5.82 Å². The van der Waals surface area contributed by atoms with E-state index in [2.05, 4.69) is 53.7 Å². The summed E-state index contributed by atoms with van der Waals surface area (Å²) in [6.07, 6.45) is 0. The van der Waals surface area contributed by atoms with E-state index in [0.717, 1.165) is 11.1 Å². The van der Waals surface area contributed by atoms with Crippen molar-refractivity contribution >= 4 is 0 Å². The van der Waals surface area contributed by atoms with Crippen LogP contribution in [0.25, 0.3) is 11.1 Å². The third-order valence-corrected chi connectivity index (χ3v) is 4.28. The van der Waals surface area contributed by atoms with E-state index in [9.17, 15) is 4.39 Å². The van der Waals surface area contributed by atoms with Gasteiger partial charge in [0.25, 0.3) is 0 Å². The van der Waals surface area contributed by atoms with E-state index in [1.807, 2.05) is 12.1 Å². The van der Waals surface area contributed by atoms with Crippen LogP contribution >= 0.6 is 0 Å². The maximum absolute atomic E-state index is 14.4. The first kappa shape index (κ1) is 16.7. The summed E-state index contributed by atoms with van der Waals surface area (Å²) in [6.45, 7) is 13.2. The fourth-order valence-electron chi connectivity index (χ4n) is 2.93. The van der Waals surface area contributed by atoms with E-state index in [1.54, 1.807) is 12.1 Å². The van der Waals surface area contributed by atoms with Gasteiger partial charge in [0.1, 0.15) is 5.82 Å². The lowest BCUT2D eigenvalue weighted by Gasteiger charge is -2.23. The zero-order valence-electron chi connectivity index (χ0n) is 14.6. The molecule has 2 aromatic carbocycles. The van der Waals surface area contributed by atoms with Crippen molar-refractivity contribution in [3.8, 4) is 11.1 Å². The molecule has 0 aromatic heterocycles. The number of hydrogen-bond acceptors (Lipinski definition) is 0. The van der Waals surface area contributed by atoms with Crippen LogP contribution in [0.1, 0.15) is 76.0 Å². The van der Waals surface area contributed by atoms with Crippen LogP contribution in [0.3, 0.4) is 0 Å². The van der Waals surface area contributed by atoms with Crippen LogP contribution in [0.5, 0.6) is 0 Å². The van der Waals surface area contributed by atoms with Gasteiger partial charge in [0, 0.05) is 5.56 Å². The Hall–Kier alpha value is -1.63. The second-order valence-electron chi connectivity index (χ2n) is 7.02. The Balaban J connectivity index is 2.83. The summed E-state index contributed by atoms with van der Waals surface area (Å²) < 4.78 is 14.4. The van der Waals surface area contributed by atoms with E-state index in [1.165, 1.54) is 16.7 Å². The Morgan fingerprint density at radius 2 is 1.23 bits per heavy atom. The summed E-state index contributed by atoms with van der Waals surface area (Å²) in [5.74, 6) is 1.07. The van der Waals surface area contributed by atoms with Crippen molar-refractivity contribution in [2.75, 3.05) is 0 Å². The SMILES string of the molecule is CC(C)c1cc(C(C)C)c(-c2ccccc2F)c(C(C)C)c1. The zero-order valence-corrected chi connectivity index (χ0v) is 14.6. The number of halogens is 1. The Morgan fingerprint density at radius 3 is 1.64 bits per heavy atom. The standard InChI is InChI=1S/C21H27F/c1-13(2)16-11-18(14(3)4)21(19(12-16)15(5)6)17-9-7-8-10-20(17)22/h7-15H,1-6H3. The van der Waals surface area contributed by atoms with Crippen LogP contribution in [0.15, 0.2) is 36.4 Å². The highest BCUT2D eigenvalue weighted by Gasteiger charge is 2.20. The highest BCUT2D eigenvalue weighted by molar-refractivity contribution is 5.73. The fraction of sp³-hybridized carbons (Fsp3) is 0.429. The van der Waals surface area contributed by atoms with Crippen LogP contribution in [-0.2, 0) is 0 Å². The minimum Gasteiger partial charge on any atom is -0.206 e. The molecule has 0 saturated carbocycles. The molecule has 22 heavy (non-hydrogen) atoms. The first-order valence-electron chi connectivity index (χ1n) is 8.25. The Morgan fingerprint density at radius 1 is 0.727 bits per heavy atom. The minimum atomic E-state index is -0.136. The Bertz CT molecular complexity index is 622. The molecule has 0 bridgehead atoms. The molecular formula is C21H27F. The summed E-state index contributed by atoms with van der Waals surface area (Å²) in [4.78, 5) is 0.